The molecule has 1 aromatic heterocycles. The van der Waals surface area contributed by atoms with E-state index in [0.29, 0.717) is 12.3 Å². The van der Waals surface area contributed by atoms with Gasteiger partial charge in [0.05, 0.1) is 0 Å². The molecule has 1 fully saturated rings. The number of nitrogens with one attached hydrogen (secondary N) is 2. The summed E-state index contributed by atoms with van der Waals surface area (Å²) in [6.07, 6.45) is 7.69. The van der Waals surface area contributed by atoms with Crippen molar-refractivity contribution in [3.63, 3.8) is 0 Å². The van der Waals surface area contributed by atoms with Crippen LogP contribution in [0.4, 0.5) is 4.79 Å². The average Bonchev–Trinajstić information content (AvgIpc) is 3.00. The molecule has 0 saturated heterocycles. The fourth-order valence-electron chi connectivity index (χ4n) is 3.24. The summed E-state index contributed by atoms with van der Waals surface area (Å²) < 4.78 is 11.2. The lowest BCUT2D eigenvalue weighted by atomic mass is 9.73. The van der Waals surface area contributed by atoms with Crippen molar-refractivity contribution in [1.29, 1.82) is 0 Å². The van der Waals surface area contributed by atoms with E-state index in [4.69, 9.17) is 0 Å². The van der Waals surface area contributed by atoms with Gasteiger partial charge < -0.3 is 10.6 Å². The molecular formula is C16H26N2O2S2. The van der Waals surface area contributed by atoms with Gasteiger partial charge >= 0.3 is 6.03 Å². The summed E-state index contributed by atoms with van der Waals surface area (Å²) in [7, 11) is -0.894. The van der Waals surface area contributed by atoms with Crippen LogP contribution in [0.2, 0.25) is 0 Å². The Morgan fingerprint density at radius 1 is 1.41 bits per heavy atom. The monoisotopic (exact) mass is 342 g/mol. The van der Waals surface area contributed by atoms with Gasteiger partial charge in [-0.3, -0.25) is 4.21 Å². The number of rotatable bonds is 6. The number of hydrogen-bond donors (Lipinski definition) is 2. The lowest BCUT2D eigenvalue weighted by molar-refractivity contribution is 0.228. The second-order valence-corrected chi connectivity index (χ2v) is 8.71. The summed E-state index contributed by atoms with van der Waals surface area (Å²) in [6.45, 7) is 2.57. The fraction of sp³-hybridized carbons (Fsp3) is 0.688. The Labute approximate surface area is 139 Å². The van der Waals surface area contributed by atoms with Crippen LogP contribution >= 0.6 is 11.3 Å². The lowest BCUT2D eigenvalue weighted by Crippen LogP contribution is -2.48. The molecule has 0 aliphatic heterocycles. The number of urea groups is 1. The summed E-state index contributed by atoms with van der Waals surface area (Å²) in [6, 6.07) is 4.06. The van der Waals surface area contributed by atoms with Crippen LogP contribution in [-0.4, -0.2) is 34.8 Å². The molecule has 0 radical (unpaired) electrons. The minimum atomic E-state index is -0.894. The Kier molecular flexibility index (Phi) is 6.44. The smallest absolute Gasteiger partial charge is 0.315 e. The van der Waals surface area contributed by atoms with Crippen molar-refractivity contribution in [2.24, 2.45) is 0 Å². The van der Waals surface area contributed by atoms with Crippen LogP contribution in [0.15, 0.2) is 17.5 Å². The molecule has 1 aliphatic carbocycles. The molecule has 0 spiro atoms. The zero-order chi connectivity index (χ0) is 16.0. The first-order chi connectivity index (χ1) is 10.5. The predicted octanol–water partition coefficient (Wildman–Crippen LogP) is 3.02. The second kappa shape index (κ2) is 8.11. The molecule has 22 heavy (non-hydrogen) atoms. The largest absolute Gasteiger partial charge is 0.337 e. The Morgan fingerprint density at radius 3 is 2.73 bits per heavy atom. The van der Waals surface area contributed by atoms with Crippen molar-refractivity contribution in [3.8, 4) is 0 Å². The van der Waals surface area contributed by atoms with E-state index in [1.807, 2.05) is 6.92 Å². The van der Waals surface area contributed by atoms with Gasteiger partial charge in [-0.25, -0.2) is 4.79 Å². The lowest BCUT2D eigenvalue weighted by Gasteiger charge is -2.37. The number of amides is 2. The first-order valence-corrected chi connectivity index (χ1v) is 10.5. The Morgan fingerprint density at radius 2 is 2.14 bits per heavy atom. The zero-order valence-electron chi connectivity index (χ0n) is 13.4. The average molecular weight is 343 g/mol. The summed E-state index contributed by atoms with van der Waals surface area (Å²) in [5.41, 5.74) is 0.0978. The first-order valence-electron chi connectivity index (χ1n) is 7.90. The highest BCUT2D eigenvalue weighted by molar-refractivity contribution is 7.84. The van der Waals surface area contributed by atoms with E-state index in [0.717, 1.165) is 12.8 Å². The number of carbonyl (C=O) groups excluding carboxylic acids is 1. The molecule has 0 aromatic carbocycles. The van der Waals surface area contributed by atoms with Crippen molar-refractivity contribution in [2.75, 3.05) is 18.6 Å². The Balaban J connectivity index is 1.92. The minimum Gasteiger partial charge on any atom is -0.337 e. The van der Waals surface area contributed by atoms with Crippen LogP contribution in [0.25, 0.3) is 0 Å². The van der Waals surface area contributed by atoms with Crippen molar-refractivity contribution >= 4 is 28.2 Å². The SMILES string of the molecule is CC(CS(C)=O)NC(=O)NCC1(c2cccs2)CCCCC1. The molecule has 2 amide bonds. The van der Waals surface area contributed by atoms with Gasteiger partial charge in [0.2, 0.25) is 0 Å². The van der Waals surface area contributed by atoms with E-state index in [9.17, 15) is 9.00 Å². The van der Waals surface area contributed by atoms with Gasteiger partial charge in [-0.15, -0.1) is 11.3 Å². The fourth-order valence-corrected chi connectivity index (χ4v) is 5.01. The number of carbonyl (C=O) groups is 1. The molecule has 6 heteroatoms. The highest BCUT2D eigenvalue weighted by Crippen LogP contribution is 2.40. The molecule has 0 bridgehead atoms. The molecule has 1 heterocycles. The normalized spacial score (nSPS) is 20.1. The van der Waals surface area contributed by atoms with Gasteiger partial charge in [0, 0.05) is 45.7 Å². The van der Waals surface area contributed by atoms with Gasteiger partial charge in [-0.05, 0) is 31.2 Å². The van der Waals surface area contributed by atoms with Crippen LogP contribution in [0.3, 0.4) is 0 Å². The van der Waals surface area contributed by atoms with Gasteiger partial charge in [-0.1, -0.05) is 25.3 Å². The number of thiophene rings is 1. The predicted molar refractivity (Wildman–Crippen MR) is 94.0 cm³/mol. The van der Waals surface area contributed by atoms with E-state index >= 15 is 0 Å². The topological polar surface area (TPSA) is 58.2 Å². The van der Waals surface area contributed by atoms with Crippen LogP contribution in [-0.2, 0) is 16.2 Å². The molecule has 124 valence electrons. The Hall–Kier alpha value is -0.880. The molecule has 2 rings (SSSR count). The van der Waals surface area contributed by atoms with Crippen molar-refractivity contribution in [1.82, 2.24) is 10.6 Å². The quantitative estimate of drug-likeness (QED) is 0.835. The molecule has 2 N–H and O–H groups in total. The van der Waals surface area contributed by atoms with E-state index in [2.05, 4.69) is 28.1 Å². The van der Waals surface area contributed by atoms with E-state index in [-0.39, 0.29) is 17.5 Å². The molecule has 4 nitrogen and oxygen atoms in total. The molecule has 1 aromatic rings. The third-order valence-electron chi connectivity index (χ3n) is 4.30. The summed E-state index contributed by atoms with van der Waals surface area (Å²) in [5, 5.41) is 8.03. The van der Waals surface area contributed by atoms with E-state index in [1.165, 1.54) is 24.1 Å². The highest BCUT2D eigenvalue weighted by Gasteiger charge is 2.35. The molecule has 1 saturated carbocycles. The van der Waals surface area contributed by atoms with Gasteiger partial charge in [0.1, 0.15) is 0 Å². The minimum absolute atomic E-state index is 0.0742. The standard InChI is InChI=1S/C16H26N2O2S2/c1-13(11-22(2)20)18-15(19)17-12-16(8-4-3-5-9-16)14-7-6-10-21-14/h6-7,10,13H,3-5,8-9,11-12H2,1-2H3,(H2,17,18,19). The first kappa shape index (κ1) is 17.5. The van der Waals surface area contributed by atoms with Crippen LogP contribution in [0.1, 0.15) is 43.9 Å². The van der Waals surface area contributed by atoms with Crippen LogP contribution in [0.5, 0.6) is 0 Å². The molecule has 2 unspecified atom stereocenters. The maximum absolute atomic E-state index is 12.1. The summed E-state index contributed by atoms with van der Waals surface area (Å²) >= 11 is 1.79. The molecular weight excluding hydrogens is 316 g/mol. The van der Waals surface area contributed by atoms with E-state index in [1.54, 1.807) is 17.6 Å². The highest BCUT2D eigenvalue weighted by atomic mass is 32.2. The molecule has 1 aliphatic rings. The number of hydrogen-bond acceptors (Lipinski definition) is 3. The summed E-state index contributed by atoms with van der Waals surface area (Å²) in [4.78, 5) is 13.5. The van der Waals surface area contributed by atoms with E-state index < -0.39 is 10.8 Å². The Bertz CT molecular complexity index is 496. The summed E-state index contributed by atoms with van der Waals surface area (Å²) in [5.74, 6) is 0.490. The third kappa shape index (κ3) is 4.81. The van der Waals surface area contributed by atoms with Gasteiger partial charge in [0.15, 0.2) is 0 Å². The van der Waals surface area contributed by atoms with Crippen LogP contribution < -0.4 is 10.6 Å². The van der Waals surface area contributed by atoms with Crippen molar-refractivity contribution in [2.45, 2.75) is 50.5 Å². The van der Waals surface area contributed by atoms with Gasteiger partial charge in [0.25, 0.3) is 0 Å². The maximum Gasteiger partial charge on any atom is 0.315 e. The molecule has 2 atom stereocenters. The van der Waals surface area contributed by atoms with Gasteiger partial charge in [-0.2, -0.15) is 0 Å². The third-order valence-corrected chi connectivity index (χ3v) is 6.39. The second-order valence-electron chi connectivity index (χ2n) is 6.29. The van der Waals surface area contributed by atoms with Crippen LogP contribution in [0, 0.1) is 0 Å². The maximum atomic E-state index is 12.1. The van der Waals surface area contributed by atoms with Crippen molar-refractivity contribution in [3.05, 3.63) is 22.4 Å². The zero-order valence-corrected chi connectivity index (χ0v) is 15.0. The van der Waals surface area contributed by atoms with Crippen molar-refractivity contribution < 1.29 is 9.00 Å².